The van der Waals surface area contributed by atoms with E-state index in [2.05, 4.69) is 16.1 Å². The number of aromatic nitrogens is 2. The number of aryl methyl sites for hydroxylation is 1. The van der Waals surface area contributed by atoms with Crippen LogP contribution >= 0.6 is 0 Å². The van der Waals surface area contributed by atoms with Crippen LogP contribution in [0, 0.1) is 18.3 Å². The fourth-order valence-electron chi connectivity index (χ4n) is 2.75. The van der Waals surface area contributed by atoms with Crippen molar-refractivity contribution in [2.75, 3.05) is 13.1 Å². The summed E-state index contributed by atoms with van der Waals surface area (Å²) in [6.45, 7) is 5.56. The van der Waals surface area contributed by atoms with Crippen molar-refractivity contribution >= 4 is 5.91 Å². The average molecular weight is 303 g/mol. The van der Waals surface area contributed by atoms with Gasteiger partial charge in [0.05, 0.1) is 5.92 Å². The van der Waals surface area contributed by atoms with Crippen molar-refractivity contribution in [1.29, 1.82) is 0 Å². The second-order valence-corrected chi connectivity index (χ2v) is 6.04. The van der Waals surface area contributed by atoms with Crippen molar-refractivity contribution < 1.29 is 9.32 Å². The summed E-state index contributed by atoms with van der Waals surface area (Å²) >= 11 is 0. The molecule has 2 rings (SSSR count). The Kier molecular flexibility index (Phi) is 6.00. The number of carbonyl (C=O) groups is 1. The third-order valence-electron chi connectivity index (χ3n) is 4.32. The van der Waals surface area contributed by atoms with E-state index in [0.29, 0.717) is 12.4 Å². The molecule has 0 N–H and O–H groups in total. The predicted octanol–water partition coefficient (Wildman–Crippen LogP) is 2.78. The summed E-state index contributed by atoms with van der Waals surface area (Å²) in [5, 5.41) is 4.03. The third-order valence-corrected chi connectivity index (χ3v) is 4.32. The maximum absolute atomic E-state index is 12.3. The van der Waals surface area contributed by atoms with E-state index < -0.39 is 0 Å². The minimum Gasteiger partial charge on any atom is -0.342 e. The summed E-state index contributed by atoms with van der Waals surface area (Å²) in [5.41, 5.74) is 0. The first-order chi connectivity index (χ1) is 10.7. The number of amides is 1. The first kappa shape index (κ1) is 16.5. The molecule has 2 heterocycles. The highest BCUT2D eigenvalue weighted by molar-refractivity contribution is 5.78. The smallest absolute Gasteiger partial charge is 0.231 e. The van der Waals surface area contributed by atoms with Gasteiger partial charge in [-0.3, -0.25) is 4.79 Å². The van der Waals surface area contributed by atoms with Gasteiger partial charge < -0.3 is 9.42 Å². The standard InChI is InChI=1S/C17H25N3O2/c1-4-6-7-10-15-18-16(22-19-15)14-9-8-11-20(12-14)17(21)13(3)5-2/h1,13-14H,5-12H2,2-3H3. The molecule has 1 fully saturated rings. The first-order valence-electron chi connectivity index (χ1n) is 8.20. The van der Waals surface area contributed by atoms with Gasteiger partial charge in [0.1, 0.15) is 0 Å². The van der Waals surface area contributed by atoms with E-state index in [-0.39, 0.29) is 17.7 Å². The van der Waals surface area contributed by atoms with Crippen LogP contribution < -0.4 is 0 Å². The summed E-state index contributed by atoms with van der Waals surface area (Å²) < 4.78 is 5.40. The number of nitrogens with zero attached hydrogens (tertiary/aromatic N) is 3. The molecule has 1 aliphatic rings. The lowest BCUT2D eigenvalue weighted by Crippen LogP contribution is -2.41. The van der Waals surface area contributed by atoms with Gasteiger partial charge in [0.15, 0.2) is 5.82 Å². The van der Waals surface area contributed by atoms with Gasteiger partial charge in [-0.25, -0.2) is 0 Å². The summed E-state index contributed by atoms with van der Waals surface area (Å²) in [4.78, 5) is 18.8. The summed E-state index contributed by atoms with van der Waals surface area (Å²) in [7, 11) is 0. The van der Waals surface area contributed by atoms with E-state index in [9.17, 15) is 4.79 Å². The lowest BCUT2D eigenvalue weighted by molar-refractivity contribution is -0.136. The predicted molar refractivity (Wildman–Crippen MR) is 84.1 cm³/mol. The number of likely N-dealkylation sites (tertiary alicyclic amines) is 1. The second kappa shape index (κ2) is 7.98. The van der Waals surface area contributed by atoms with E-state index >= 15 is 0 Å². The number of terminal acetylenes is 1. The molecule has 1 aliphatic heterocycles. The molecule has 0 radical (unpaired) electrons. The van der Waals surface area contributed by atoms with Gasteiger partial charge in [-0.2, -0.15) is 4.98 Å². The Balaban J connectivity index is 1.95. The van der Waals surface area contributed by atoms with Crippen molar-refractivity contribution in [1.82, 2.24) is 15.0 Å². The molecule has 1 aromatic heterocycles. The molecular weight excluding hydrogens is 278 g/mol. The Morgan fingerprint density at radius 2 is 2.41 bits per heavy atom. The van der Waals surface area contributed by atoms with Gasteiger partial charge in [0.2, 0.25) is 11.8 Å². The lowest BCUT2D eigenvalue weighted by Gasteiger charge is -2.32. The second-order valence-electron chi connectivity index (χ2n) is 6.04. The van der Waals surface area contributed by atoms with Crippen molar-refractivity contribution in [3.05, 3.63) is 11.7 Å². The van der Waals surface area contributed by atoms with Crippen LogP contribution in [0.15, 0.2) is 4.52 Å². The van der Waals surface area contributed by atoms with E-state index in [4.69, 9.17) is 10.9 Å². The Hall–Kier alpha value is -1.83. The molecule has 1 amide bonds. The molecule has 120 valence electrons. The van der Waals surface area contributed by atoms with E-state index in [0.717, 1.165) is 50.9 Å². The molecule has 2 unspecified atom stereocenters. The maximum Gasteiger partial charge on any atom is 0.231 e. The molecule has 0 aliphatic carbocycles. The number of hydrogen-bond donors (Lipinski definition) is 0. The van der Waals surface area contributed by atoms with Gasteiger partial charge in [-0.1, -0.05) is 19.0 Å². The lowest BCUT2D eigenvalue weighted by atomic mass is 9.96. The van der Waals surface area contributed by atoms with Gasteiger partial charge in [0, 0.05) is 31.8 Å². The molecule has 2 atom stereocenters. The number of hydrogen-bond acceptors (Lipinski definition) is 4. The summed E-state index contributed by atoms with van der Waals surface area (Å²) in [6.07, 6.45) is 10.4. The monoisotopic (exact) mass is 303 g/mol. The number of carbonyl (C=O) groups excluding carboxylic acids is 1. The third kappa shape index (κ3) is 4.09. The molecule has 1 saturated heterocycles. The fourth-order valence-corrected chi connectivity index (χ4v) is 2.75. The molecule has 5 heteroatoms. The molecule has 0 bridgehead atoms. The van der Waals surface area contributed by atoms with Crippen LogP contribution in [0.1, 0.15) is 63.6 Å². The largest absolute Gasteiger partial charge is 0.342 e. The Labute approximate surface area is 132 Å². The van der Waals surface area contributed by atoms with Crippen LogP contribution in [-0.4, -0.2) is 34.0 Å². The molecule has 0 saturated carbocycles. The van der Waals surface area contributed by atoms with E-state index in [1.165, 1.54) is 0 Å². The van der Waals surface area contributed by atoms with Crippen LogP contribution in [0.3, 0.4) is 0 Å². The molecule has 22 heavy (non-hydrogen) atoms. The van der Waals surface area contributed by atoms with Crippen molar-refractivity contribution in [3.63, 3.8) is 0 Å². The van der Waals surface area contributed by atoms with Crippen LogP contribution in [0.2, 0.25) is 0 Å². The van der Waals surface area contributed by atoms with Gasteiger partial charge >= 0.3 is 0 Å². The van der Waals surface area contributed by atoms with Crippen LogP contribution in [0.4, 0.5) is 0 Å². The zero-order valence-electron chi connectivity index (χ0n) is 13.5. The van der Waals surface area contributed by atoms with Crippen LogP contribution in [0.5, 0.6) is 0 Å². The Morgan fingerprint density at radius 3 is 3.14 bits per heavy atom. The normalized spacial score (nSPS) is 19.7. The molecule has 1 aromatic rings. The van der Waals surface area contributed by atoms with Crippen LogP contribution in [-0.2, 0) is 11.2 Å². The highest BCUT2D eigenvalue weighted by Crippen LogP contribution is 2.27. The topological polar surface area (TPSA) is 59.2 Å². The molecule has 0 aromatic carbocycles. The average Bonchev–Trinajstić information content (AvgIpc) is 3.02. The van der Waals surface area contributed by atoms with Crippen molar-refractivity contribution in [3.8, 4) is 12.3 Å². The molecular formula is C17H25N3O2. The highest BCUT2D eigenvalue weighted by Gasteiger charge is 2.29. The maximum atomic E-state index is 12.3. The summed E-state index contributed by atoms with van der Waals surface area (Å²) in [5.74, 6) is 4.48. The summed E-state index contributed by atoms with van der Waals surface area (Å²) in [6, 6.07) is 0. The Morgan fingerprint density at radius 1 is 1.59 bits per heavy atom. The van der Waals surface area contributed by atoms with E-state index in [1.54, 1.807) is 0 Å². The Bertz CT molecular complexity index is 532. The molecule has 0 spiro atoms. The first-order valence-corrected chi connectivity index (χ1v) is 8.20. The minimum absolute atomic E-state index is 0.0840. The van der Waals surface area contributed by atoms with Crippen LogP contribution in [0.25, 0.3) is 0 Å². The van der Waals surface area contributed by atoms with Crippen molar-refractivity contribution in [2.24, 2.45) is 5.92 Å². The number of rotatable bonds is 6. The zero-order chi connectivity index (χ0) is 15.9. The van der Waals surface area contributed by atoms with E-state index in [1.807, 2.05) is 18.7 Å². The van der Waals surface area contributed by atoms with Crippen molar-refractivity contribution in [2.45, 2.75) is 58.3 Å². The zero-order valence-corrected chi connectivity index (χ0v) is 13.5. The SMILES string of the molecule is C#CCCCc1noc(C2CCCN(C(=O)C(C)CC)C2)n1. The fraction of sp³-hybridized carbons (Fsp3) is 0.706. The number of piperidine rings is 1. The minimum atomic E-state index is 0.0840. The number of unbranched alkanes of at least 4 members (excludes halogenated alkanes) is 1. The van der Waals surface area contributed by atoms with Gasteiger partial charge in [-0.15, -0.1) is 12.3 Å². The molecule has 5 nitrogen and oxygen atoms in total. The quantitative estimate of drug-likeness (QED) is 0.599. The van der Waals surface area contributed by atoms with Gasteiger partial charge in [-0.05, 0) is 25.7 Å². The van der Waals surface area contributed by atoms with Gasteiger partial charge in [0.25, 0.3) is 0 Å². The highest BCUT2D eigenvalue weighted by atomic mass is 16.5.